The summed E-state index contributed by atoms with van der Waals surface area (Å²) in [5.74, 6) is 0.0357. The van der Waals surface area contributed by atoms with Crippen LogP contribution in [0.1, 0.15) is 6.92 Å². The van der Waals surface area contributed by atoms with E-state index in [4.69, 9.17) is 4.74 Å². The summed E-state index contributed by atoms with van der Waals surface area (Å²) in [6.07, 6.45) is 0. The maximum Gasteiger partial charge on any atom is 0.248 e. The van der Waals surface area contributed by atoms with Crippen molar-refractivity contribution in [2.24, 2.45) is 0 Å². The van der Waals surface area contributed by atoms with Gasteiger partial charge in [-0.1, -0.05) is 0 Å². The first-order valence-electron chi connectivity index (χ1n) is 4.18. The van der Waals surface area contributed by atoms with Crippen molar-refractivity contribution in [3.63, 3.8) is 0 Å². The van der Waals surface area contributed by atoms with Crippen molar-refractivity contribution >= 4 is 5.91 Å². The van der Waals surface area contributed by atoms with Gasteiger partial charge >= 0.3 is 0 Å². The Labute approximate surface area is 73.9 Å². The highest BCUT2D eigenvalue weighted by molar-refractivity contribution is 5.77. The van der Waals surface area contributed by atoms with E-state index in [0.29, 0.717) is 6.61 Å². The summed E-state index contributed by atoms with van der Waals surface area (Å²) in [6.45, 7) is 4.22. The van der Waals surface area contributed by atoms with E-state index < -0.39 is 0 Å². The van der Waals surface area contributed by atoms with Gasteiger partial charge in [0.1, 0.15) is 6.61 Å². The van der Waals surface area contributed by atoms with Crippen LogP contribution in [0.25, 0.3) is 0 Å². The van der Waals surface area contributed by atoms with Crippen LogP contribution < -0.4 is 5.32 Å². The lowest BCUT2D eigenvalue weighted by atomic mass is 10.5. The highest BCUT2D eigenvalue weighted by atomic mass is 16.5. The first-order valence-corrected chi connectivity index (χ1v) is 4.18. The van der Waals surface area contributed by atoms with Crippen LogP contribution in [0.15, 0.2) is 0 Å². The predicted molar refractivity (Wildman–Crippen MR) is 48.1 cm³/mol. The van der Waals surface area contributed by atoms with Crippen molar-refractivity contribution in [3.05, 3.63) is 0 Å². The summed E-state index contributed by atoms with van der Waals surface area (Å²) in [5.41, 5.74) is 0. The average Bonchev–Trinajstić information content (AvgIpc) is 2.10. The number of carbonyl (C=O) groups excluding carboxylic acids is 1. The topological polar surface area (TPSA) is 41.6 Å². The SMILES string of the molecule is CCN(C)C(=O)COCCNC. The molecular weight excluding hydrogens is 156 g/mol. The normalized spacial score (nSPS) is 9.92. The molecular formula is C8H18N2O2. The van der Waals surface area contributed by atoms with Crippen LogP contribution in [-0.4, -0.2) is 51.2 Å². The molecule has 1 N–H and O–H groups in total. The maximum atomic E-state index is 11.1. The Morgan fingerprint density at radius 2 is 2.25 bits per heavy atom. The first kappa shape index (κ1) is 11.4. The first-order chi connectivity index (χ1) is 5.72. The van der Waals surface area contributed by atoms with E-state index >= 15 is 0 Å². The second kappa shape index (κ2) is 7.06. The van der Waals surface area contributed by atoms with E-state index in [2.05, 4.69) is 5.32 Å². The van der Waals surface area contributed by atoms with Gasteiger partial charge in [0.15, 0.2) is 0 Å². The van der Waals surface area contributed by atoms with E-state index in [1.807, 2.05) is 14.0 Å². The number of hydrogen-bond acceptors (Lipinski definition) is 3. The van der Waals surface area contributed by atoms with Crippen molar-refractivity contribution < 1.29 is 9.53 Å². The Balaban J connectivity index is 3.31. The van der Waals surface area contributed by atoms with Gasteiger partial charge in [-0.3, -0.25) is 4.79 Å². The van der Waals surface area contributed by atoms with Gasteiger partial charge in [-0.25, -0.2) is 0 Å². The summed E-state index contributed by atoms with van der Waals surface area (Å²) >= 11 is 0. The lowest BCUT2D eigenvalue weighted by Crippen LogP contribution is -2.30. The number of likely N-dealkylation sites (N-methyl/N-ethyl adjacent to an activating group) is 2. The second-order valence-corrected chi connectivity index (χ2v) is 2.56. The van der Waals surface area contributed by atoms with Crippen molar-refractivity contribution in [2.75, 3.05) is 40.4 Å². The number of ether oxygens (including phenoxy) is 1. The molecule has 0 bridgehead atoms. The zero-order valence-corrected chi connectivity index (χ0v) is 8.09. The van der Waals surface area contributed by atoms with Crippen molar-refractivity contribution in [1.82, 2.24) is 10.2 Å². The minimum Gasteiger partial charge on any atom is -0.370 e. The molecule has 0 aliphatic heterocycles. The monoisotopic (exact) mass is 174 g/mol. The summed E-state index contributed by atoms with van der Waals surface area (Å²) in [7, 11) is 3.62. The summed E-state index contributed by atoms with van der Waals surface area (Å²) in [6, 6.07) is 0. The molecule has 0 spiro atoms. The molecule has 0 radical (unpaired) electrons. The summed E-state index contributed by atoms with van der Waals surface area (Å²) < 4.78 is 5.11. The number of rotatable bonds is 6. The fourth-order valence-corrected chi connectivity index (χ4v) is 0.620. The molecule has 0 aliphatic carbocycles. The minimum absolute atomic E-state index is 0.0357. The molecule has 72 valence electrons. The fourth-order valence-electron chi connectivity index (χ4n) is 0.620. The molecule has 12 heavy (non-hydrogen) atoms. The van der Waals surface area contributed by atoms with Gasteiger partial charge in [-0.2, -0.15) is 0 Å². The lowest BCUT2D eigenvalue weighted by Gasteiger charge is -2.13. The van der Waals surface area contributed by atoms with Crippen LogP contribution in [0.2, 0.25) is 0 Å². The Morgan fingerprint density at radius 3 is 2.75 bits per heavy atom. The van der Waals surface area contributed by atoms with Crippen molar-refractivity contribution in [1.29, 1.82) is 0 Å². The molecule has 0 saturated heterocycles. The van der Waals surface area contributed by atoms with Gasteiger partial charge in [-0.05, 0) is 14.0 Å². The van der Waals surface area contributed by atoms with Crippen LogP contribution in [-0.2, 0) is 9.53 Å². The lowest BCUT2D eigenvalue weighted by molar-refractivity contribution is -0.134. The number of nitrogens with one attached hydrogen (secondary N) is 1. The zero-order valence-electron chi connectivity index (χ0n) is 8.09. The largest absolute Gasteiger partial charge is 0.370 e. The molecule has 0 heterocycles. The fraction of sp³-hybridized carbons (Fsp3) is 0.875. The number of carbonyl (C=O) groups is 1. The van der Waals surface area contributed by atoms with Crippen molar-refractivity contribution in [3.8, 4) is 0 Å². The number of hydrogen-bond donors (Lipinski definition) is 1. The van der Waals surface area contributed by atoms with E-state index in [9.17, 15) is 4.79 Å². The third-order valence-corrected chi connectivity index (χ3v) is 1.62. The van der Waals surface area contributed by atoms with Gasteiger partial charge in [0.05, 0.1) is 6.61 Å². The van der Waals surface area contributed by atoms with E-state index in [1.54, 1.807) is 11.9 Å². The molecule has 4 nitrogen and oxygen atoms in total. The van der Waals surface area contributed by atoms with Gasteiger partial charge in [0, 0.05) is 20.1 Å². The third kappa shape index (κ3) is 5.09. The highest BCUT2D eigenvalue weighted by Gasteiger charge is 2.04. The van der Waals surface area contributed by atoms with Crippen LogP contribution >= 0.6 is 0 Å². The highest BCUT2D eigenvalue weighted by Crippen LogP contribution is 1.84. The quantitative estimate of drug-likeness (QED) is 0.562. The maximum absolute atomic E-state index is 11.1. The Bertz CT molecular complexity index is 128. The van der Waals surface area contributed by atoms with E-state index in [1.165, 1.54) is 0 Å². The number of nitrogens with zero attached hydrogens (tertiary/aromatic N) is 1. The van der Waals surface area contributed by atoms with Crippen LogP contribution in [0.4, 0.5) is 0 Å². The molecule has 0 rings (SSSR count). The molecule has 0 saturated carbocycles. The van der Waals surface area contributed by atoms with Gasteiger partial charge in [-0.15, -0.1) is 0 Å². The van der Waals surface area contributed by atoms with Gasteiger partial charge < -0.3 is 15.0 Å². The summed E-state index contributed by atoms with van der Waals surface area (Å²) in [4.78, 5) is 12.8. The smallest absolute Gasteiger partial charge is 0.248 e. The van der Waals surface area contributed by atoms with Crippen LogP contribution in [0.3, 0.4) is 0 Å². The van der Waals surface area contributed by atoms with E-state index in [-0.39, 0.29) is 12.5 Å². The molecule has 0 aromatic heterocycles. The second-order valence-electron chi connectivity index (χ2n) is 2.56. The molecule has 0 atom stereocenters. The Kier molecular flexibility index (Phi) is 6.70. The third-order valence-electron chi connectivity index (χ3n) is 1.62. The number of amides is 1. The van der Waals surface area contributed by atoms with Gasteiger partial charge in [0.25, 0.3) is 0 Å². The summed E-state index contributed by atoms with van der Waals surface area (Å²) in [5, 5.41) is 2.93. The molecule has 0 aliphatic rings. The van der Waals surface area contributed by atoms with E-state index in [0.717, 1.165) is 13.1 Å². The predicted octanol–water partition coefficient (Wildman–Crippen LogP) is -0.299. The van der Waals surface area contributed by atoms with Crippen LogP contribution in [0, 0.1) is 0 Å². The molecule has 4 heteroatoms. The minimum atomic E-state index is 0.0357. The Morgan fingerprint density at radius 1 is 1.58 bits per heavy atom. The standard InChI is InChI=1S/C8H18N2O2/c1-4-10(3)8(11)7-12-6-5-9-2/h9H,4-7H2,1-3H3. The molecule has 0 fully saturated rings. The van der Waals surface area contributed by atoms with Crippen LogP contribution in [0.5, 0.6) is 0 Å². The van der Waals surface area contributed by atoms with Crippen molar-refractivity contribution in [2.45, 2.75) is 6.92 Å². The molecule has 0 unspecified atom stereocenters. The average molecular weight is 174 g/mol. The molecule has 1 amide bonds. The molecule has 0 aromatic carbocycles. The van der Waals surface area contributed by atoms with Gasteiger partial charge in [0.2, 0.25) is 5.91 Å². The Hall–Kier alpha value is -0.610. The molecule has 0 aromatic rings. The zero-order chi connectivity index (χ0) is 9.40.